The second-order valence-corrected chi connectivity index (χ2v) is 5.91. The first-order valence-electron chi connectivity index (χ1n) is 10.6. The van der Waals surface area contributed by atoms with Crippen molar-refractivity contribution >= 4 is 23.5 Å². The minimum absolute atomic E-state index is 0. The van der Waals surface area contributed by atoms with Crippen LogP contribution in [0.3, 0.4) is 0 Å². The molecule has 3 aromatic rings. The fourth-order valence-electron chi connectivity index (χ4n) is 1.15. The molecule has 0 aliphatic rings. The van der Waals surface area contributed by atoms with Crippen molar-refractivity contribution in [3.05, 3.63) is 109 Å². The fraction of sp³-hybridized carbons (Fsp3) is 0.379. The summed E-state index contributed by atoms with van der Waals surface area (Å²) in [4.78, 5) is 0. The quantitative estimate of drug-likeness (QED) is 0.324. The molecule has 2 heteroatoms. The van der Waals surface area contributed by atoms with E-state index in [-0.39, 0.29) is 7.43 Å². The predicted octanol–water partition coefficient (Wildman–Crippen LogP) is 10.7. The highest BCUT2D eigenvalue weighted by molar-refractivity contribution is 7.98. The van der Waals surface area contributed by atoms with E-state index in [9.17, 15) is 0 Å². The van der Waals surface area contributed by atoms with E-state index in [1.165, 1.54) is 0 Å². The topological polar surface area (TPSA) is 0 Å². The van der Waals surface area contributed by atoms with Crippen molar-refractivity contribution in [2.75, 3.05) is 25.0 Å². The van der Waals surface area contributed by atoms with Gasteiger partial charge in [0, 0.05) is 0 Å². The second kappa shape index (κ2) is 63.0. The minimum Gasteiger partial charge on any atom is -0.169 e. The van der Waals surface area contributed by atoms with Gasteiger partial charge in [-0.25, -0.2) is 0 Å². The number of hydrogen-bond donors (Lipinski definition) is 0. The summed E-state index contributed by atoms with van der Waals surface area (Å²) in [5.74, 6) is 0. The normalized spacial score (nSPS) is 6.39. The Hall–Kier alpha value is -1.64. The minimum atomic E-state index is 0. The summed E-state index contributed by atoms with van der Waals surface area (Å²) in [5.41, 5.74) is 0. The Bertz CT molecular complexity index is 328. The van der Waals surface area contributed by atoms with Gasteiger partial charge >= 0.3 is 0 Å². The van der Waals surface area contributed by atoms with Crippen LogP contribution in [0.4, 0.5) is 0 Å². The highest BCUT2D eigenvalue weighted by Gasteiger charge is 1.59. The largest absolute Gasteiger partial charge is 0.169 e. The molecule has 31 heavy (non-hydrogen) atoms. The zero-order chi connectivity index (χ0) is 24.1. The van der Waals surface area contributed by atoms with Gasteiger partial charge in [0.1, 0.15) is 0 Å². The first kappa shape index (κ1) is 43.3. The van der Waals surface area contributed by atoms with E-state index >= 15 is 0 Å². The maximum Gasteiger partial charge on any atom is -0.0187 e. The van der Waals surface area contributed by atoms with Crippen LogP contribution in [-0.4, -0.2) is 25.0 Å². The van der Waals surface area contributed by atoms with Gasteiger partial charge in [0.2, 0.25) is 0 Å². The van der Waals surface area contributed by atoms with Crippen LogP contribution in [-0.2, 0) is 0 Å². The molecule has 3 rings (SSSR count). The lowest BCUT2D eigenvalue weighted by Gasteiger charge is -1.69. The van der Waals surface area contributed by atoms with Gasteiger partial charge in [-0.2, -0.15) is 23.5 Å². The molecular weight excluding hydrogens is 412 g/mol. The van der Waals surface area contributed by atoms with Crippen LogP contribution in [0.15, 0.2) is 109 Å². The molecule has 3 aromatic carbocycles. The number of thioether (sulfide) groups is 2. The van der Waals surface area contributed by atoms with Crippen LogP contribution < -0.4 is 0 Å². The Morgan fingerprint density at radius 1 is 0.258 bits per heavy atom. The molecule has 0 amide bonds. The Morgan fingerprint density at radius 3 is 0.323 bits per heavy atom. The highest BCUT2D eigenvalue weighted by atomic mass is 32.2. The molecule has 0 saturated heterocycles. The standard InChI is InChI=1S/3C6H6.2C2H6S.3C2H6.CH4/c3*1-2-4-6-5-3-1;2*1-3-2;3*1-2;/h3*1-6H;2*1-2H3;3*1-2H3;1H4. The van der Waals surface area contributed by atoms with E-state index in [1.54, 1.807) is 23.5 Å². The third kappa shape index (κ3) is 73.6. The Balaban J connectivity index is -0.0000000604. The summed E-state index contributed by atoms with van der Waals surface area (Å²) in [5, 5.41) is 0. The van der Waals surface area contributed by atoms with E-state index < -0.39 is 0 Å². The van der Waals surface area contributed by atoms with Crippen LogP contribution in [0.25, 0.3) is 0 Å². The molecule has 0 saturated carbocycles. The van der Waals surface area contributed by atoms with Crippen molar-refractivity contribution in [3.8, 4) is 0 Å². The second-order valence-electron chi connectivity index (χ2n) is 4.28. The summed E-state index contributed by atoms with van der Waals surface area (Å²) in [7, 11) is 0. The SMILES string of the molecule is C.CC.CC.CC.CSC.CSC.c1ccccc1.c1ccccc1.c1ccccc1. The Labute approximate surface area is 206 Å². The zero-order valence-electron chi connectivity index (χ0n) is 21.2. The number of hydrogen-bond acceptors (Lipinski definition) is 2. The maximum absolute atomic E-state index is 2.04. The molecule has 0 aromatic heterocycles. The van der Waals surface area contributed by atoms with Gasteiger partial charge in [-0.05, 0) is 25.0 Å². The van der Waals surface area contributed by atoms with Crippen molar-refractivity contribution in [2.24, 2.45) is 0 Å². The molecule has 0 nitrogen and oxygen atoms in total. The molecule has 0 heterocycles. The van der Waals surface area contributed by atoms with Crippen molar-refractivity contribution < 1.29 is 0 Å². The molecule has 0 unspecified atom stereocenters. The smallest absolute Gasteiger partial charge is 0.0187 e. The molecule has 0 aliphatic heterocycles. The fourth-order valence-corrected chi connectivity index (χ4v) is 1.15. The highest BCUT2D eigenvalue weighted by Crippen LogP contribution is 1.81. The molecule has 0 N–H and O–H groups in total. The first-order valence-corrected chi connectivity index (χ1v) is 13.9. The lowest BCUT2D eigenvalue weighted by Crippen LogP contribution is -1.47. The van der Waals surface area contributed by atoms with Crippen LogP contribution in [0, 0.1) is 0 Å². The van der Waals surface area contributed by atoms with Gasteiger partial charge in [0.15, 0.2) is 0 Å². The molecule has 0 radical (unpaired) electrons. The van der Waals surface area contributed by atoms with Gasteiger partial charge in [-0.3, -0.25) is 0 Å². The first-order chi connectivity index (χ1) is 14.8. The van der Waals surface area contributed by atoms with Crippen LogP contribution in [0.5, 0.6) is 0 Å². The summed E-state index contributed by atoms with van der Waals surface area (Å²) in [6.07, 6.45) is 8.17. The van der Waals surface area contributed by atoms with Crippen molar-refractivity contribution in [1.82, 2.24) is 0 Å². The Kier molecular flexibility index (Phi) is 87.9. The van der Waals surface area contributed by atoms with E-state index in [2.05, 4.69) is 0 Å². The van der Waals surface area contributed by atoms with Crippen LogP contribution >= 0.6 is 23.5 Å². The van der Waals surface area contributed by atoms with E-state index in [0.29, 0.717) is 0 Å². The summed E-state index contributed by atoms with van der Waals surface area (Å²) in [6, 6.07) is 36.0. The van der Waals surface area contributed by atoms with Gasteiger partial charge in [-0.15, -0.1) is 0 Å². The predicted molar refractivity (Wildman–Crippen MR) is 159 cm³/mol. The maximum atomic E-state index is 2.04. The van der Waals surface area contributed by atoms with Crippen LogP contribution in [0.1, 0.15) is 49.0 Å². The van der Waals surface area contributed by atoms with E-state index in [4.69, 9.17) is 0 Å². The average Bonchev–Trinajstić information content (AvgIpc) is 2.88. The molecule has 180 valence electrons. The molecule has 0 atom stereocenters. The molecular formula is C29H52S2. The Morgan fingerprint density at radius 2 is 0.290 bits per heavy atom. The third-order valence-corrected chi connectivity index (χ3v) is 2.00. The lowest BCUT2D eigenvalue weighted by molar-refractivity contribution is 1.50. The average molecular weight is 465 g/mol. The van der Waals surface area contributed by atoms with Gasteiger partial charge in [0.25, 0.3) is 0 Å². The van der Waals surface area contributed by atoms with Crippen molar-refractivity contribution in [3.63, 3.8) is 0 Å². The molecule has 0 spiro atoms. The molecule has 0 aliphatic carbocycles. The van der Waals surface area contributed by atoms with Crippen LogP contribution in [0.2, 0.25) is 0 Å². The monoisotopic (exact) mass is 464 g/mol. The van der Waals surface area contributed by atoms with E-state index in [0.717, 1.165) is 0 Å². The summed E-state index contributed by atoms with van der Waals surface area (Å²) < 4.78 is 0. The molecule has 0 fully saturated rings. The van der Waals surface area contributed by atoms with Crippen molar-refractivity contribution in [1.29, 1.82) is 0 Å². The number of benzene rings is 3. The van der Waals surface area contributed by atoms with Crippen molar-refractivity contribution in [2.45, 2.75) is 49.0 Å². The third-order valence-electron chi connectivity index (χ3n) is 2.00. The number of rotatable bonds is 0. The van der Waals surface area contributed by atoms with Gasteiger partial charge in [0.05, 0.1) is 0 Å². The lowest BCUT2D eigenvalue weighted by atomic mass is 10.4. The summed E-state index contributed by atoms with van der Waals surface area (Å²) >= 11 is 3.50. The summed E-state index contributed by atoms with van der Waals surface area (Å²) in [6.45, 7) is 12.0. The van der Waals surface area contributed by atoms with Gasteiger partial charge < -0.3 is 0 Å². The zero-order valence-corrected chi connectivity index (χ0v) is 22.8. The van der Waals surface area contributed by atoms with Gasteiger partial charge in [-0.1, -0.05) is 158 Å². The van der Waals surface area contributed by atoms with E-state index in [1.807, 2.05) is 176 Å². The molecule has 0 bridgehead atoms.